The third kappa shape index (κ3) is 4.20. The van der Waals surface area contributed by atoms with E-state index in [1.54, 1.807) is 17.9 Å². The molecule has 8 rings (SSSR count). The first kappa shape index (κ1) is 28.3. The van der Waals surface area contributed by atoms with Gasteiger partial charge in [0, 0.05) is 41.0 Å². The molecule has 0 spiro atoms. The van der Waals surface area contributed by atoms with Gasteiger partial charge >= 0.3 is 6.01 Å². The van der Waals surface area contributed by atoms with Gasteiger partial charge in [-0.2, -0.15) is 15.1 Å². The van der Waals surface area contributed by atoms with Crippen molar-refractivity contribution in [2.24, 2.45) is 0 Å². The molecule has 13 heteroatoms. The lowest BCUT2D eigenvalue weighted by atomic mass is 9.94. The van der Waals surface area contributed by atoms with Crippen LogP contribution in [-0.2, 0) is 0 Å². The highest BCUT2D eigenvalue weighted by Gasteiger charge is 2.51. The minimum atomic E-state index is -2.59. The van der Waals surface area contributed by atoms with Gasteiger partial charge in [-0.15, -0.1) is 0 Å². The Labute approximate surface area is 256 Å². The van der Waals surface area contributed by atoms with Crippen molar-refractivity contribution < 1.29 is 22.3 Å². The molecule has 0 aliphatic carbocycles. The number of hydrogen-bond acceptors (Lipinski definition) is 7. The van der Waals surface area contributed by atoms with Crippen molar-refractivity contribution in [3.8, 4) is 17.1 Å². The van der Waals surface area contributed by atoms with E-state index in [0.29, 0.717) is 42.7 Å². The van der Waals surface area contributed by atoms with E-state index < -0.39 is 23.6 Å². The van der Waals surface area contributed by atoms with Gasteiger partial charge in [-0.05, 0) is 76.2 Å². The average Bonchev–Trinajstić information content (AvgIpc) is 3.77. The minimum absolute atomic E-state index is 0.00985. The number of alkyl halides is 2. The molecular formula is C31H32ClF4N7O. The Hall–Kier alpha value is -3.22. The van der Waals surface area contributed by atoms with E-state index in [0.717, 1.165) is 38.8 Å². The first-order valence-electron chi connectivity index (χ1n) is 15.2. The van der Waals surface area contributed by atoms with Gasteiger partial charge in [-0.1, -0.05) is 11.6 Å². The summed E-state index contributed by atoms with van der Waals surface area (Å²) in [7, 11) is 0. The minimum Gasteiger partial charge on any atom is -0.461 e. The fraction of sp³-hybridized carbons (Fsp3) is 0.516. The molecule has 0 amide bonds. The van der Waals surface area contributed by atoms with E-state index in [9.17, 15) is 8.78 Å². The number of benzene rings is 2. The Kier molecular flexibility index (Phi) is 6.52. The first-order chi connectivity index (χ1) is 21.2. The van der Waals surface area contributed by atoms with Gasteiger partial charge in [-0.3, -0.25) is 10.00 Å². The highest BCUT2D eigenvalue weighted by molar-refractivity contribution is 6.35. The lowest BCUT2D eigenvalue weighted by Gasteiger charge is -2.41. The van der Waals surface area contributed by atoms with Crippen molar-refractivity contribution in [1.29, 1.82) is 0 Å². The Morgan fingerprint density at radius 1 is 1.09 bits per heavy atom. The molecule has 44 heavy (non-hydrogen) atoms. The number of nitrogens with one attached hydrogen (secondary N) is 2. The summed E-state index contributed by atoms with van der Waals surface area (Å²) in [5.74, 6) is -1.00. The predicted octanol–water partition coefficient (Wildman–Crippen LogP) is 6.00. The van der Waals surface area contributed by atoms with Crippen molar-refractivity contribution >= 4 is 39.2 Å². The number of H-pyrrole nitrogens is 1. The third-order valence-corrected chi connectivity index (χ3v) is 10.7. The van der Waals surface area contributed by atoms with Gasteiger partial charge in [-0.25, -0.2) is 17.6 Å². The van der Waals surface area contributed by atoms with E-state index in [1.165, 1.54) is 12.3 Å². The van der Waals surface area contributed by atoms with Crippen LogP contribution in [0.15, 0.2) is 18.3 Å². The second kappa shape index (κ2) is 10.1. The van der Waals surface area contributed by atoms with E-state index in [-0.39, 0.29) is 56.8 Å². The number of aromatic nitrogens is 4. The number of rotatable bonds is 6. The van der Waals surface area contributed by atoms with Gasteiger partial charge in [0.2, 0.25) is 0 Å². The fourth-order valence-electron chi connectivity index (χ4n) is 8.16. The molecule has 2 unspecified atom stereocenters. The number of fused-ring (bicyclic) bond motifs is 5. The lowest BCUT2D eigenvalue weighted by molar-refractivity contribution is 0.0367. The number of hydrogen-bond donors (Lipinski definition) is 2. The number of piperazine rings is 1. The number of aromatic amines is 1. The average molecular weight is 630 g/mol. The van der Waals surface area contributed by atoms with E-state index in [1.807, 2.05) is 0 Å². The zero-order chi connectivity index (χ0) is 30.4. The third-order valence-electron chi connectivity index (χ3n) is 10.4. The van der Waals surface area contributed by atoms with Crippen LogP contribution in [0.2, 0.25) is 5.02 Å². The largest absolute Gasteiger partial charge is 0.461 e. The summed E-state index contributed by atoms with van der Waals surface area (Å²) in [5.41, 5.74) is -0.693. The second-order valence-electron chi connectivity index (χ2n) is 12.9. The van der Waals surface area contributed by atoms with Crippen LogP contribution >= 0.6 is 11.6 Å². The Morgan fingerprint density at radius 3 is 2.66 bits per heavy atom. The highest BCUT2D eigenvalue weighted by atomic mass is 35.5. The maximum atomic E-state index is 16.9. The summed E-state index contributed by atoms with van der Waals surface area (Å²) in [6.45, 7) is 4.34. The van der Waals surface area contributed by atoms with Crippen LogP contribution in [0, 0.1) is 18.6 Å². The van der Waals surface area contributed by atoms with Crippen LogP contribution in [0.4, 0.5) is 23.4 Å². The molecule has 6 heterocycles. The van der Waals surface area contributed by atoms with Crippen LogP contribution in [0.25, 0.3) is 32.9 Å². The predicted molar refractivity (Wildman–Crippen MR) is 160 cm³/mol. The molecule has 4 aliphatic rings. The molecule has 8 nitrogen and oxygen atoms in total. The van der Waals surface area contributed by atoms with Crippen molar-refractivity contribution in [3.05, 3.63) is 40.6 Å². The molecule has 2 aromatic carbocycles. The molecule has 232 valence electrons. The van der Waals surface area contributed by atoms with Crippen LogP contribution in [0.3, 0.4) is 0 Å². The summed E-state index contributed by atoms with van der Waals surface area (Å²) in [5, 5.41) is 10.7. The van der Waals surface area contributed by atoms with Crippen molar-refractivity contribution in [1.82, 2.24) is 30.4 Å². The van der Waals surface area contributed by atoms with Gasteiger partial charge in [0.25, 0.3) is 6.43 Å². The second-order valence-corrected chi connectivity index (χ2v) is 13.3. The van der Waals surface area contributed by atoms with Crippen LogP contribution < -0.4 is 15.0 Å². The smallest absolute Gasteiger partial charge is 0.319 e. The lowest BCUT2D eigenvalue weighted by Crippen LogP contribution is -2.63. The summed E-state index contributed by atoms with van der Waals surface area (Å²) < 4.78 is 66.9. The van der Waals surface area contributed by atoms with Gasteiger partial charge in [0.15, 0.2) is 5.82 Å². The quantitative estimate of drug-likeness (QED) is 0.253. The summed E-state index contributed by atoms with van der Waals surface area (Å²) >= 11 is 6.80. The first-order valence-corrected chi connectivity index (χ1v) is 15.6. The molecule has 2 aromatic heterocycles. The summed E-state index contributed by atoms with van der Waals surface area (Å²) in [6.07, 6.45) is 4.00. The van der Waals surface area contributed by atoms with Gasteiger partial charge in [0.05, 0.1) is 27.8 Å². The maximum Gasteiger partial charge on any atom is 0.319 e. The Bertz CT molecular complexity index is 1790. The molecule has 0 saturated carbocycles. The molecule has 2 N–H and O–H groups in total. The van der Waals surface area contributed by atoms with E-state index in [2.05, 4.69) is 25.4 Å². The highest BCUT2D eigenvalue weighted by Crippen LogP contribution is 2.45. The molecule has 4 fully saturated rings. The Balaban J connectivity index is 1.30. The topological polar surface area (TPSA) is 82.2 Å². The summed E-state index contributed by atoms with van der Waals surface area (Å²) in [6, 6.07) is 2.68. The van der Waals surface area contributed by atoms with Crippen molar-refractivity contribution in [2.75, 3.05) is 37.7 Å². The van der Waals surface area contributed by atoms with Crippen molar-refractivity contribution in [3.63, 3.8) is 0 Å². The number of nitrogens with zero attached hydrogens (tertiary/aromatic N) is 5. The fourth-order valence-corrected chi connectivity index (χ4v) is 8.44. The van der Waals surface area contributed by atoms with E-state index in [4.69, 9.17) is 21.3 Å². The molecular weight excluding hydrogens is 598 g/mol. The summed E-state index contributed by atoms with van der Waals surface area (Å²) in [4.78, 5) is 13.5. The monoisotopic (exact) mass is 629 g/mol. The molecule has 4 saturated heterocycles. The zero-order valence-corrected chi connectivity index (χ0v) is 25.0. The van der Waals surface area contributed by atoms with Gasteiger partial charge < -0.3 is 15.0 Å². The normalized spacial score (nSPS) is 24.7. The number of ether oxygens (including phenoxy) is 1. The van der Waals surface area contributed by atoms with Crippen LogP contribution in [0.5, 0.6) is 6.01 Å². The van der Waals surface area contributed by atoms with Crippen LogP contribution in [0.1, 0.15) is 44.1 Å². The standard InChI is InChI=1S/C31H32ClF4N7O/c1-16-21(33)11-22-19(12-37-41-22)23(16)24-20(32)10-18-26(25(24)34)38-29(44-15-30-5-2-8-43(30)9-3-6-30)39-27(18)42-13-17-4-7-31(14-42,40-17)28(35)36/h10-12,17,28,40H,2-9,13-15H2,1H3,(H,37,41). The SMILES string of the molecule is Cc1c(F)cc2[nH]ncc2c1-c1c(Cl)cc2c(N3CC4CCC(C(F)F)(C3)N4)nc(OCC34CCCN3CCC4)nc2c1F. The maximum absolute atomic E-state index is 16.9. The molecule has 4 aliphatic heterocycles. The molecule has 4 aromatic rings. The number of anilines is 1. The van der Waals surface area contributed by atoms with Crippen LogP contribution in [-0.4, -0.2) is 81.4 Å². The van der Waals surface area contributed by atoms with Gasteiger partial charge in [0.1, 0.15) is 23.8 Å². The Morgan fingerprint density at radius 2 is 1.89 bits per heavy atom. The molecule has 2 atom stereocenters. The molecule has 0 radical (unpaired) electrons. The van der Waals surface area contributed by atoms with E-state index >= 15 is 8.78 Å². The van der Waals surface area contributed by atoms with Crippen molar-refractivity contribution in [2.45, 2.75) is 69.0 Å². The zero-order valence-electron chi connectivity index (χ0n) is 24.2. The number of halogens is 5. The molecule has 2 bridgehead atoms.